The fourth-order valence-electron chi connectivity index (χ4n) is 1.29. The van der Waals surface area contributed by atoms with Gasteiger partial charge in [-0.3, -0.25) is 4.79 Å². The van der Waals surface area contributed by atoms with E-state index in [1.165, 1.54) is 6.07 Å². The lowest BCUT2D eigenvalue weighted by Gasteiger charge is -2.12. The Hall–Kier alpha value is -1.01. The molecule has 1 aromatic carbocycles. The van der Waals surface area contributed by atoms with E-state index in [1.807, 2.05) is 6.92 Å². The van der Waals surface area contributed by atoms with Crippen molar-refractivity contribution in [3.8, 4) is 0 Å². The van der Waals surface area contributed by atoms with Crippen LogP contribution in [0.25, 0.3) is 0 Å². The highest BCUT2D eigenvalue weighted by Crippen LogP contribution is 2.23. The predicted molar refractivity (Wildman–Crippen MR) is 65.6 cm³/mol. The largest absolute Gasteiger partial charge is 0.322 e. The summed E-state index contributed by atoms with van der Waals surface area (Å²) in [6.45, 7) is 1.89. The quantitative estimate of drug-likeness (QED) is 0.840. The van der Waals surface area contributed by atoms with Crippen LogP contribution >= 0.6 is 15.9 Å². The van der Waals surface area contributed by atoms with Crippen molar-refractivity contribution in [2.45, 2.75) is 25.8 Å². The lowest BCUT2D eigenvalue weighted by atomic mass is 10.1. The maximum atomic E-state index is 13.3. The van der Waals surface area contributed by atoms with Crippen LogP contribution in [0.3, 0.4) is 0 Å². The molecule has 0 aliphatic carbocycles. The van der Waals surface area contributed by atoms with Gasteiger partial charge >= 0.3 is 0 Å². The molecule has 0 aromatic heterocycles. The summed E-state index contributed by atoms with van der Waals surface area (Å²) in [5.41, 5.74) is 5.49. The Labute approximate surface area is 107 Å². The van der Waals surface area contributed by atoms with Crippen molar-refractivity contribution < 1.29 is 13.6 Å². The van der Waals surface area contributed by atoms with Gasteiger partial charge in [-0.05, 0) is 28.4 Å². The fourth-order valence-corrected chi connectivity index (χ4v) is 1.63. The number of hydrogen-bond acceptors (Lipinski definition) is 2. The van der Waals surface area contributed by atoms with Crippen molar-refractivity contribution in [2.24, 2.45) is 5.73 Å². The van der Waals surface area contributed by atoms with Crippen LogP contribution in [0.15, 0.2) is 16.6 Å². The first-order valence-corrected chi connectivity index (χ1v) is 5.96. The van der Waals surface area contributed by atoms with E-state index in [0.29, 0.717) is 12.5 Å². The number of amides is 1. The third-order valence-corrected chi connectivity index (χ3v) is 2.81. The van der Waals surface area contributed by atoms with Gasteiger partial charge in [0.1, 0.15) is 11.6 Å². The fraction of sp³-hybridized carbons (Fsp3) is 0.364. The standard InChI is InChI=1S/C11H13BrF2N2O/c1-2-3-9(15)11(17)16-10-4-6(12)7(13)5-8(10)14/h4-5,9H,2-3,15H2,1H3,(H,16,17)/t9-/m1/s1. The van der Waals surface area contributed by atoms with Gasteiger partial charge in [0.15, 0.2) is 0 Å². The molecule has 1 aromatic rings. The summed E-state index contributed by atoms with van der Waals surface area (Å²) in [5, 5.41) is 2.33. The van der Waals surface area contributed by atoms with E-state index in [9.17, 15) is 13.6 Å². The molecular formula is C11H13BrF2N2O. The molecule has 0 aliphatic heterocycles. The Balaban J connectivity index is 2.81. The van der Waals surface area contributed by atoms with Crippen LogP contribution in [-0.2, 0) is 4.79 Å². The average molecular weight is 307 g/mol. The maximum absolute atomic E-state index is 13.3. The first kappa shape index (κ1) is 14.1. The molecule has 0 bridgehead atoms. The lowest BCUT2D eigenvalue weighted by Crippen LogP contribution is -2.35. The highest BCUT2D eigenvalue weighted by Gasteiger charge is 2.15. The van der Waals surface area contributed by atoms with Gasteiger partial charge < -0.3 is 11.1 Å². The van der Waals surface area contributed by atoms with Crippen molar-refractivity contribution >= 4 is 27.5 Å². The molecule has 3 nitrogen and oxygen atoms in total. The van der Waals surface area contributed by atoms with Crippen LogP contribution in [-0.4, -0.2) is 11.9 Å². The van der Waals surface area contributed by atoms with Crippen LogP contribution in [0.2, 0.25) is 0 Å². The Morgan fingerprint density at radius 2 is 2.12 bits per heavy atom. The summed E-state index contributed by atoms with van der Waals surface area (Å²) in [6, 6.07) is 1.18. The third-order valence-electron chi connectivity index (χ3n) is 2.20. The highest BCUT2D eigenvalue weighted by atomic mass is 79.9. The first-order chi connectivity index (χ1) is 7.95. The molecular weight excluding hydrogens is 294 g/mol. The number of carbonyl (C=O) groups is 1. The van der Waals surface area contributed by atoms with Crippen molar-refractivity contribution in [1.82, 2.24) is 0 Å². The summed E-state index contributed by atoms with van der Waals surface area (Å²) < 4.78 is 26.4. The highest BCUT2D eigenvalue weighted by molar-refractivity contribution is 9.10. The minimum Gasteiger partial charge on any atom is -0.322 e. The molecule has 1 rings (SSSR count). The van der Waals surface area contributed by atoms with Gasteiger partial charge in [-0.25, -0.2) is 8.78 Å². The van der Waals surface area contributed by atoms with Gasteiger partial charge in [-0.2, -0.15) is 0 Å². The molecule has 0 spiro atoms. The molecule has 0 aliphatic rings. The summed E-state index contributed by atoms with van der Waals surface area (Å²) in [5.74, 6) is -2.04. The zero-order valence-corrected chi connectivity index (χ0v) is 10.9. The summed E-state index contributed by atoms with van der Waals surface area (Å²) in [4.78, 5) is 11.5. The first-order valence-electron chi connectivity index (χ1n) is 5.16. The topological polar surface area (TPSA) is 55.1 Å². The van der Waals surface area contributed by atoms with Crippen molar-refractivity contribution in [3.63, 3.8) is 0 Å². The number of benzene rings is 1. The summed E-state index contributed by atoms with van der Waals surface area (Å²) >= 11 is 2.91. The van der Waals surface area contributed by atoms with Crippen molar-refractivity contribution in [1.29, 1.82) is 0 Å². The van der Waals surface area contributed by atoms with Crippen LogP contribution in [0.1, 0.15) is 19.8 Å². The number of rotatable bonds is 4. The molecule has 0 unspecified atom stereocenters. The van der Waals surface area contributed by atoms with E-state index < -0.39 is 23.6 Å². The summed E-state index contributed by atoms with van der Waals surface area (Å²) in [7, 11) is 0. The molecule has 0 heterocycles. The Bertz CT molecular complexity index is 426. The van der Waals surface area contributed by atoms with Gasteiger partial charge in [0.2, 0.25) is 5.91 Å². The molecule has 0 radical (unpaired) electrons. The molecule has 1 atom stereocenters. The van der Waals surface area contributed by atoms with Crippen molar-refractivity contribution in [2.75, 3.05) is 5.32 Å². The normalized spacial score (nSPS) is 12.3. The molecule has 0 saturated heterocycles. The van der Waals surface area contributed by atoms with Gasteiger partial charge in [0, 0.05) is 6.07 Å². The van der Waals surface area contributed by atoms with E-state index >= 15 is 0 Å². The number of halogens is 3. The van der Waals surface area contributed by atoms with Gasteiger partial charge in [0.05, 0.1) is 16.2 Å². The van der Waals surface area contributed by atoms with E-state index in [4.69, 9.17) is 5.73 Å². The second-order valence-corrected chi connectivity index (χ2v) is 4.48. The summed E-state index contributed by atoms with van der Waals surface area (Å²) in [6.07, 6.45) is 1.26. The molecule has 6 heteroatoms. The molecule has 17 heavy (non-hydrogen) atoms. The van der Waals surface area contributed by atoms with E-state index in [0.717, 1.165) is 6.42 Å². The minimum atomic E-state index is -0.831. The van der Waals surface area contributed by atoms with Crippen LogP contribution < -0.4 is 11.1 Å². The molecule has 94 valence electrons. The smallest absolute Gasteiger partial charge is 0.241 e. The molecule has 0 fully saturated rings. The van der Waals surface area contributed by atoms with E-state index in [1.54, 1.807) is 0 Å². The Kier molecular flexibility index (Phi) is 5.02. The third kappa shape index (κ3) is 3.74. The number of anilines is 1. The number of carbonyl (C=O) groups excluding carboxylic acids is 1. The predicted octanol–water partition coefficient (Wildman–Crippen LogP) is 2.79. The Morgan fingerprint density at radius 3 is 2.71 bits per heavy atom. The zero-order chi connectivity index (χ0) is 13.0. The Morgan fingerprint density at radius 1 is 1.47 bits per heavy atom. The van der Waals surface area contributed by atoms with Crippen molar-refractivity contribution in [3.05, 3.63) is 28.2 Å². The molecule has 1 amide bonds. The maximum Gasteiger partial charge on any atom is 0.241 e. The van der Waals surface area contributed by atoms with Crippen LogP contribution in [0.5, 0.6) is 0 Å². The average Bonchev–Trinajstić information content (AvgIpc) is 2.26. The molecule has 3 N–H and O–H groups in total. The van der Waals surface area contributed by atoms with Gasteiger partial charge in [0.25, 0.3) is 0 Å². The van der Waals surface area contributed by atoms with Crippen LogP contribution in [0, 0.1) is 11.6 Å². The second kappa shape index (κ2) is 6.07. The number of nitrogens with two attached hydrogens (primary N) is 1. The number of hydrogen-bond donors (Lipinski definition) is 2. The SMILES string of the molecule is CCC[C@@H](N)C(=O)Nc1cc(Br)c(F)cc1F. The van der Waals surface area contributed by atoms with E-state index in [-0.39, 0.29) is 10.2 Å². The van der Waals surface area contributed by atoms with Gasteiger partial charge in [-0.1, -0.05) is 13.3 Å². The zero-order valence-electron chi connectivity index (χ0n) is 9.27. The molecule has 0 saturated carbocycles. The minimum absolute atomic E-state index is 0.0817. The number of nitrogens with one attached hydrogen (secondary N) is 1. The monoisotopic (exact) mass is 306 g/mol. The second-order valence-electron chi connectivity index (χ2n) is 3.63. The van der Waals surface area contributed by atoms with E-state index in [2.05, 4.69) is 21.2 Å². The lowest BCUT2D eigenvalue weighted by molar-refractivity contribution is -0.117. The van der Waals surface area contributed by atoms with Crippen LogP contribution in [0.4, 0.5) is 14.5 Å². The van der Waals surface area contributed by atoms with Gasteiger partial charge in [-0.15, -0.1) is 0 Å².